The van der Waals surface area contributed by atoms with Crippen molar-refractivity contribution in [2.75, 3.05) is 0 Å². The normalized spacial score (nSPS) is 10.9. The number of carboxylic acid groups (broad SMARTS) is 1. The first-order valence-electron chi connectivity index (χ1n) is 5.60. The van der Waals surface area contributed by atoms with Crippen molar-refractivity contribution < 1.29 is 14.3 Å². The van der Waals surface area contributed by atoms with E-state index in [1.807, 2.05) is 0 Å². The minimum Gasteiger partial charge on any atom is -0.478 e. The summed E-state index contributed by atoms with van der Waals surface area (Å²) in [4.78, 5) is 11.0. The van der Waals surface area contributed by atoms with E-state index in [-0.39, 0.29) is 22.0 Å². The number of rotatable bonds is 2. The first-order valence-corrected chi connectivity index (χ1v) is 5.98. The fourth-order valence-electron chi connectivity index (χ4n) is 1.88. The van der Waals surface area contributed by atoms with E-state index in [0.717, 1.165) is 0 Å². The molecule has 2 heterocycles. The molecule has 0 aliphatic heterocycles. The molecule has 0 saturated heterocycles. The highest BCUT2D eigenvalue weighted by atomic mass is 35.5. The Balaban J connectivity index is 2.28. The number of pyridine rings is 1. The molecule has 0 aliphatic rings. The Morgan fingerprint density at radius 1 is 1.25 bits per heavy atom. The van der Waals surface area contributed by atoms with Crippen molar-refractivity contribution in [2.24, 2.45) is 0 Å². The summed E-state index contributed by atoms with van der Waals surface area (Å²) in [5.74, 6) is -1.51. The molecule has 0 amide bonds. The zero-order valence-electron chi connectivity index (χ0n) is 9.92. The van der Waals surface area contributed by atoms with Gasteiger partial charge in [-0.1, -0.05) is 17.7 Å². The number of hydrogen-bond acceptors (Lipinski definition) is 3. The Kier molecular flexibility index (Phi) is 2.87. The molecule has 1 N–H and O–H groups in total. The maximum atomic E-state index is 14.0. The number of aromatic nitrogens is 3. The number of nitrogens with zero attached hydrogens (tertiary/aromatic N) is 3. The maximum absolute atomic E-state index is 14.0. The van der Waals surface area contributed by atoms with Crippen molar-refractivity contribution in [2.45, 2.75) is 0 Å². The van der Waals surface area contributed by atoms with Crippen LogP contribution in [0.1, 0.15) is 10.4 Å². The quantitative estimate of drug-likeness (QED) is 0.788. The van der Waals surface area contributed by atoms with Gasteiger partial charge in [0.25, 0.3) is 0 Å². The SMILES string of the molecule is O=C(O)c1ccc2nnc(-c3cccc(Cl)c3F)n2c1. The van der Waals surface area contributed by atoms with E-state index in [9.17, 15) is 9.18 Å². The molecule has 3 rings (SSSR count). The molecular formula is C13H7ClFN3O2. The zero-order chi connectivity index (χ0) is 14.3. The lowest BCUT2D eigenvalue weighted by molar-refractivity contribution is 0.0696. The highest BCUT2D eigenvalue weighted by Crippen LogP contribution is 2.26. The van der Waals surface area contributed by atoms with E-state index in [2.05, 4.69) is 10.2 Å². The second kappa shape index (κ2) is 4.57. The second-order valence-electron chi connectivity index (χ2n) is 4.08. The topological polar surface area (TPSA) is 67.5 Å². The fourth-order valence-corrected chi connectivity index (χ4v) is 2.05. The van der Waals surface area contributed by atoms with E-state index in [1.54, 1.807) is 6.07 Å². The molecule has 5 nitrogen and oxygen atoms in total. The van der Waals surface area contributed by atoms with Crippen LogP contribution >= 0.6 is 11.6 Å². The molecule has 0 saturated carbocycles. The molecule has 20 heavy (non-hydrogen) atoms. The van der Waals surface area contributed by atoms with Gasteiger partial charge in [-0.2, -0.15) is 0 Å². The Morgan fingerprint density at radius 3 is 2.80 bits per heavy atom. The maximum Gasteiger partial charge on any atom is 0.337 e. The summed E-state index contributed by atoms with van der Waals surface area (Å²) in [5, 5.41) is 16.7. The van der Waals surface area contributed by atoms with Crippen LogP contribution in [0, 0.1) is 5.82 Å². The Labute approximate surface area is 117 Å². The van der Waals surface area contributed by atoms with E-state index in [1.165, 1.54) is 34.9 Å². The third-order valence-electron chi connectivity index (χ3n) is 2.84. The molecule has 0 atom stereocenters. The van der Waals surface area contributed by atoms with Gasteiger partial charge in [-0.25, -0.2) is 9.18 Å². The first-order chi connectivity index (χ1) is 9.58. The average molecular weight is 292 g/mol. The molecule has 3 aromatic rings. The molecule has 100 valence electrons. The summed E-state index contributed by atoms with van der Waals surface area (Å²) in [6.07, 6.45) is 1.34. The van der Waals surface area contributed by atoms with Gasteiger partial charge in [-0.15, -0.1) is 10.2 Å². The van der Waals surface area contributed by atoms with E-state index in [4.69, 9.17) is 16.7 Å². The van der Waals surface area contributed by atoms with Gasteiger partial charge in [-0.3, -0.25) is 4.40 Å². The smallest absolute Gasteiger partial charge is 0.337 e. The number of fused-ring (bicyclic) bond motifs is 1. The number of halogens is 2. The van der Waals surface area contributed by atoms with E-state index >= 15 is 0 Å². The molecule has 7 heteroatoms. The molecule has 0 fully saturated rings. The van der Waals surface area contributed by atoms with Crippen molar-refractivity contribution in [1.29, 1.82) is 0 Å². The van der Waals surface area contributed by atoms with Gasteiger partial charge in [0.1, 0.15) is 0 Å². The molecule has 0 spiro atoms. The number of carboxylic acids is 1. The average Bonchev–Trinajstić information content (AvgIpc) is 2.84. The van der Waals surface area contributed by atoms with Crippen molar-refractivity contribution >= 4 is 23.2 Å². The third-order valence-corrected chi connectivity index (χ3v) is 3.13. The Morgan fingerprint density at radius 2 is 2.05 bits per heavy atom. The summed E-state index contributed by atoms with van der Waals surface area (Å²) in [6, 6.07) is 7.42. The lowest BCUT2D eigenvalue weighted by Gasteiger charge is -2.03. The number of benzene rings is 1. The van der Waals surface area contributed by atoms with Gasteiger partial charge in [0.2, 0.25) is 0 Å². The molecule has 0 unspecified atom stereocenters. The number of hydrogen-bond donors (Lipinski definition) is 1. The highest BCUT2D eigenvalue weighted by Gasteiger charge is 2.15. The van der Waals surface area contributed by atoms with Crippen LogP contribution in [0.25, 0.3) is 17.0 Å². The van der Waals surface area contributed by atoms with Gasteiger partial charge in [0.15, 0.2) is 17.3 Å². The van der Waals surface area contributed by atoms with Gasteiger partial charge in [0, 0.05) is 6.20 Å². The van der Waals surface area contributed by atoms with Gasteiger partial charge in [0.05, 0.1) is 16.1 Å². The standard InChI is InChI=1S/C13H7ClFN3O2/c14-9-3-1-2-8(11(9)15)12-17-16-10-5-4-7(13(19)20)6-18(10)12/h1-6H,(H,19,20). The van der Waals surface area contributed by atoms with Crippen LogP contribution in [-0.2, 0) is 0 Å². The van der Waals surface area contributed by atoms with Gasteiger partial charge >= 0.3 is 5.97 Å². The molecule has 0 bridgehead atoms. The highest BCUT2D eigenvalue weighted by molar-refractivity contribution is 6.31. The minimum atomic E-state index is -1.09. The monoisotopic (exact) mass is 291 g/mol. The third kappa shape index (κ3) is 1.90. The van der Waals surface area contributed by atoms with Crippen LogP contribution in [0.3, 0.4) is 0 Å². The minimum absolute atomic E-state index is 0.0337. The van der Waals surface area contributed by atoms with Crippen LogP contribution in [0.15, 0.2) is 36.5 Å². The Hall–Kier alpha value is -2.47. The van der Waals surface area contributed by atoms with Crippen molar-refractivity contribution in [3.05, 3.63) is 52.9 Å². The van der Waals surface area contributed by atoms with Gasteiger partial charge < -0.3 is 5.11 Å². The molecular weight excluding hydrogens is 285 g/mol. The summed E-state index contributed by atoms with van der Waals surface area (Å²) in [6.45, 7) is 0. The lowest BCUT2D eigenvalue weighted by atomic mass is 10.2. The van der Waals surface area contributed by atoms with E-state index < -0.39 is 11.8 Å². The number of carbonyl (C=O) groups is 1. The van der Waals surface area contributed by atoms with Crippen LogP contribution in [-0.4, -0.2) is 25.7 Å². The summed E-state index contributed by atoms with van der Waals surface area (Å²) >= 11 is 5.74. The predicted molar refractivity (Wildman–Crippen MR) is 70.4 cm³/mol. The molecule has 1 aromatic carbocycles. The Bertz CT molecular complexity index is 832. The molecule has 0 aliphatic carbocycles. The summed E-state index contributed by atoms with van der Waals surface area (Å²) in [5.41, 5.74) is 0.637. The summed E-state index contributed by atoms with van der Waals surface area (Å²) in [7, 11) is 0. The fraction of sp³-hybridized carbons (Fsp3) is 0. The van der Waals surface area contributed by atoms with Crippen LogP contribution in [0.2, 0.25) is 5.02 Å². The molecule has 0 radical (unpaired) electrons. The molecule has 2 aromatic heterocycles. The first kappa shape index (κ1) is 12.6. The van der Waals surface area contributed by atoms with Crippen molar-refractivity contribution in [1.82, 2.24) is 14.6 Å². The van der Waals surface area contributed by atoms with Crippen molar-refractivity contribution in [3.63, 3.8) is 0 Å². The second-order valence-corrected chi connectivity index (χ2v) is 4.48. The predicted octanol–water partition coefficient (Wildman–Crippen LogP) is 2.89. The zero-order valence-corrected chi connectivity index (χ0v) is 10.7. The summed E-state index contributed by atoms with van der Waals surface area (Å²) < 4.78 is 15.4. The van der Waals surface area contributed by atoms with E-state index in [0.29, 0.717) is 5.65 Å². The number of aromatic carboxylic acids is 1. The lowest BCUT2D eigenvalue weighted by Crippen LogP contribution is -2.00. The van der Waals surface area contributed by atoms with Gasteiger partial charge in [-0.05, 0) is 24.3 Å². The van der Waals surface area contributed by atoms with Crippen molar-refractivity contribution in [3.8, 4) is 11.4 Å². The van der Waals surface area contributed by atoms with Crippen LogP contribution in [0.4, 0.5) is 4.39 Å². The van der Waals surface area contributed by atoms with Crippen LogP contribution < -0.4 is 0 Å². The van der Waals surface area contributed by atoms with Crippen LogP contribution in [0.5, 0.6) is 0 Å². The largest absolute Gasteiger partial charge is 0.478 e.